The molecule has 1 aromatic carbocycles. The first-order valence-electron chi connectivity index (χ1n) is 8.17. The number of aromatic nitrogens is 2. The molecule has 25 heavy (non-hydrogen) atoms. The highest BCUT2D eigenvalue weighted by molar-refractivity contribution is 6.04. The van der Waals surface area contributed by atoms with E-state index < -0.39 is 0 Å². The Morgan fingerprint density at radius 2 is 2.24 bits per heavy atom. The van der Waals surface area contributed by atoms with Crippen LogP contribution in [0.25, 0.3) is 5.82 Å². The summed E-state index contributed by atoms with van der Waals surface area (Å²) in [5, 5.41) is 15.9. The molecule has 0 amide bonds. The predicted octanol–water partition coefficient (Wildman–Crippen LogP) is 3.02. The number of hydrogen-bond donors (Lipinski definition) is 2. The van der Waals surface area contributed by atoms with Gasteiger partial charge in [0.05, 0.1) is 11.9 Å². The molecule has 3 rings (SSSR count). The van der Waals surface area contributed by atoms with Crippen molar-refractivity contribution in [1.29, 1.82) is 0 Å². The van der Waals surface area contributed by atoms with E-state index in [0.717, 1.165) is 41.1 Å². The van der Waals surface area contributed by atoms with Crippen LogP contribution in [0.15, 0.2) is 65.2 Å². The van der Waals surface area contributed by atoms with Crippen molar-refractivity contribution in [2.75, 3.05) is 12.4 Å². The lowest BCUT2D eigenvalue weighted by Crippen LogP contribution is -2.23. The Bertz CT molecular complexity index is 921. The lowest BCUT2D eigenvalue weighted by Gasteiger charge is -2.15. The molecule has 2 N–H and O–H groups in total. The van der Waals surface area contributed by atoms with Crippen LogP contribution >= 0.6 is 0 Å². The van der Waals surface area contributed by atoms with Crippen molar-refractivity contribution in [3.05, 3.63) is 71.6 Å². The van der Waals surface area contributed by atoms with Crippen molar-refractivity contribution in [1.82, 2.24) is 9.55 Å². The fraction of sp³-hybridized carbons (Fsp3) is 0.211. The molecule has 128 valence electrons. The molecule has 1 heterocycles. The van der Waals surface area contributed by atoms with E-state index in [9.17, 15) is 0 Å². The van der Waals surface area contributed by atoms with Crippen molar-refractivity contribution < 1.29 is 5.21 Å². The smallest absolute Gasteiger partial charge is 0.151 e. The van der Waals surface area contributed by atoms with Gasteiger partial charge in [0.25, 0.3) is 0 Å². The Balaban J connectivity index is 1.98. The molecular formula is C19H21N5O. The lowest BCUT2D eigenvalue weighted by atomic mass is 10.1. The first kappa shape index (κ1) is 16.7. The van der Waals surface area contributed by atoms with Crippen molar-refractivity contribution >= 4 is 17.2 Å². The maximum atomic E-state index is 9.07. The van der Waals surface area contributed by atoms with Crippen molar-refractivity contribution in [3.63, 3.8) is 0 Å². The largest absolute Gasteiger partial charge is 0.411 e. The SMILES string of the molecule is C/C=C/C=C(\Nc1ccc2c(c1)CC/C2=N\O)n1ccncc1=NC. The molecule has 0 radical (unpaired) electrons. The number of benzene rings is 1. The van der Waals surface area contributed by atoms with Crippen LogP contribution in [0.5, 0.6) is 0 Å². The van der Waals surface area contributed by atoms with E-state index in [-0.39, 0.29) is 0 Å². The van der Waals surface area contributed by atoms with E-state index in [1.807, 2.05) is 48.0 Å². The number of hydrogen-bond acceptors (Lipinski definition) is 5. The summed E-state index contributed by atoms with van der Waals surface area (Å²) < 4.78 is 1.95. The number of allylic oxidation sites excluding steroid dienone is 3. The highest BCUT2D eigenvalue weighted by Gasteiger charge is 2.18. The number of nitrogens with one attached hydrogen (secondary N) is 1. The van der Waals surface area contributed by atoms with Crippen LogP contribution in [0.4, 0.5) is 5.69 Å². The minimum Gasteiger partial charge on any atom is -0.411 e. The van der Waals surface area contributed by atoms with Gasteiger partial charge in [0.1, 0.15) is 5.82 Å². The number of anilines is 1. The van der Waals surface area contributed by atoms with Crippen LogP contribution in [0.2, 0.25) is 0 Å². The van der Waals surface area contributed by atoms with Gasteiger partial charge in [-0.15, -0.1) is 0 Å². The molecule has 0 bridgehead atoms. The van der Waals surface area contributed by atoms with Gasteiger partial charge in [-0.3, -0.25) is 14.5 Å². The summed E-state index contributed by atoms with van der Waals surface area (Å²) in [6.07, 6.45) is 12.9. The van der Waals surface area contributed by atoms with Gasteiger partial charge in [0.2, 0.25) is 0 Å². The topological polar surface area (TPSA) is 74.8 Å². The third-order valence-corrected chi connectivity index (χ3v) is 4.11. The van der Waals surface area contributed by atoms with Crippen LogP contribution in [-0.2, 0) is 6.42 Å². The monoisotopic (exact) mass is 335 g/mol. The van der Waals surface area contributed by atoms with E-state index in [4.69, 9.17) is 5.21 Å². The van der Waals surface area contributed by atoms with Crippen molar-refractivity contribution in [2.24, 2.45) is 10.1 Å². The third-order valence-electron chi connectivity index (χ3n) is 4.11. The molecule has 0 atom stereocenters. The number of oxime groups is 1. The fourth-order valence-electron chi connectivity index (χ4n) is 2.89. The van der Waals surface area contributed by atoms with Gasteiger partial charge in [0.15, 0.2) is 5.49 Å². The van der Waals surface area contributed by atoms with Gasteiger partial charge < -0.3 is 10.5 Å². The van der Waals surface area contributed by atoms with E-state index >= 15 is 0 Å². The molecule has 2 aromatic rings. The van der Waals surface area contributed by atoms with Crippen molar-refractivity contribution in [2.45, 2.75) is 19.8 Å². The average molecular weight is 335 g/mol. The molecule has 0 saturated heterocycles. The summed E-state index contributed by atoms with van der Waals surface area (Å²) in [4.78, 5) is 8.40. The molecule has 0 aliphatic heterocycles. The predicted molar refractivity (Wildman–Crippen MR) is 99.5 cm³/mol. The molecule has 1 aromatic heterocycles. The Morgan fingerprint density at radius 1 is 1.36 bits per heavy atom. The normalized spacial score (nSPS) is 16.6. The highest BCUT2D eigenvalue weighted by Crippen LogP contribution is 2.26. The molecular weight excluding hydrogens is 314 g/mol. The van der Waals surface area contributed by atoms with Crippen LogP contribution in [-0.4, -0.2) is 27.5 Å². The van der Waals surface area contributed by atoms with E-state index in [0.29, 0.717) is 0 Å². The van der Waals surface area contributed by atoms with E-state index in [1.54, 1.807) is 19.4 Å². The Hall–Kier alpha value is -3.15. The average Bonchev–Trinajstić information content (AvgIpc) is 3.07. The van der Waals surface area contributed by atoms with Gasteiger partial charge in [-0.1, -0.05) is 23.4 Å². The molecule has 0 saturated carbocycles. The van der Waals surface area contributed by atoms with Gasteiger partial charge in [-0.05, 0) is 43.5 Å². The summed E-state index contributed by atoms with van der Waals surface area (Å²) in [5.74, 6) is 0.870. The van der Waals surface area contributed by atoms with Gasteiger partial charge in [-0.2, -0.15) is 0 Å². The summed E-state index contributed by atoms with van der Waals surface area (Å²) in [7, 11) is 1.74. The van der Waals surface area contributed by atoms with Crippen LogP contribution in [0.3, 0.4) is 0 Å². The highest BCUT2D eigenvalue weighted by atomic mass is 16.4. The molecule has 0 unspecified atom stereocenters. The first-order valence-corrected chi connectivity index (χ1v) is 8.17. The zero-order valence-corrected chi connectivity index (χ0v) is 14.3. The summed E-state index contributed by atoms with van der Waals surface area (Å²) in [5.41, 5.74) is 4.68. The number of nitrogens with zero attached hydrogens (tertiary/aromatic N) is 4. The number of fused-ring (bicyclic) bond motifs is 1. The van der Waals surface area contributed by atoms with E-state index in [2.05, 4.69) is 26.5 Å². The second kappa shape index (κ2) is 7.61. The molecule has 1 aliphatic rings. The summed E-state index contributed by atoms with van der Waals surface area (Å²) in [6, 6.07) is 6.08. The van der Waals surface area contributed by atoms with Crippen molar-refractivity contribution in [3.8, 4) is 0 Å². The zero-order valence-electron chi connectivity index (χ0n) is 14.3. The zero-order chi connectivity index (χ0) is 17.6. The molecule has 6 nitrogen and oxygen atoms in total. The number of rotatable bonds is 4. The summed E-state index contributed by atoms with van der Waals surface area (Å²) in [6.45, 7) is 1.97. The quantitative estimate of drug-likeness (QED) is 0.512. The van der Waals surface area contributed by atoms with E-state index in [1.165, 1.54) is 5.56 Å². The third kappa shape index (κ3) is 3.52. The maximum absolute atomic E-state index is 9.07. The second-order valence-electron chi connectivity index (χ2n) is 5.65. The Kier molecular flexibility index (Phi) is 5.09. The van der Waals surface area contributed by atoms with Crippen LogP contribution in [0.1, 0.15) is 24.5 Å². The first-order chi connectivity index (χ1) is 12.3. The number of aryl methyl sites for hydroxylation is 1. The maximum Gasteiger partial charge on any atom is 0.151 e. The lowest BCUT2D eigenvalue weighted by molar-refractivity contribution is 0.318. The minimum atomic E-state index is 0.751. The molecule has 6 heteroatoms. The summed E-state index contributed by atoms with van der Waals surface area (Å²) >= 11 is 0. The second-order valence-corrected chi connectivity index (χ2v) is 5.65. The Labute approximate surface area is 146 Å². The van der Waals surface area contributed by atoms with Crippen LogP contribution < -0.4 is 10.8 Å². The Morgan fingerprint density at radius 3 is 3.00 bits per heavy atom. The molecule has 1 aliphatic carbocycles. The van der Waals surface area contributed by atoms with Gasteiger partial charge >= 0.3 is 0 Å². The minimum absolute atomic E-state index is 0.751. The molecule has 0 fully saturated rings. The van der Waals surface area contributed by atoms with Crippen LogP contribution in [0, 0.1) is 0 Å². The molecule has 0 spiro atoms. The fourth-order valence-corrected chi connectivity index (χ4v) is 2.89. The van der Waals surface area contributed by atoms with Gasteiger partial charge in [-0.25, -0.2) is 0 Å². The standard InChI is InChI=1S/C19H21N5O/c1-3-4-5-18(24-11-10-21-13-19(24)20-2)22-15-7-8-16-14(12-15)6-9-17(16)23-25/h3-5,7-8,10-13,22,25H,6,9H2,1-2H3/b4-3+,18-5+,20-19?,23-17+. The van der Waals surface area contributed by atoms with Gasteiger partial charge in [0, 0.05) is 30.7 Å².